The quantitative estimate of drug-likeness (QED) is 0.779. The molecule has 0 heterocycles. The summed E-state index contributed by atoms with van der Waals surface area (Å²) in [6.07, 6.45) is 3.81. The van der Waals surface area contributed by atoms with Crippen molar-refractivity contribution in [3.8, 4) is 0 Å². The summed E-state index contributed by atoms with van der Waals surface area (Å²) >= 11 is 8.53. The Labute approximate surface area is 90.9 Å². The van der Waals surface area contributed by atoms with Crippen molar-refractivity contribution in [1.82, 2.24) is 0 Å². The molecule has 0 aliphatic carbocycles. The summed E-state index contributed by atoms with van der Waals surface area (Å²) in [6.45, 7) is 0. The maximum absolute atomic E-state index is 5.74. The Hall–Kier alpha value is -0.388. The molecule has 0 atom stereocenters. The first-order valence-electron chi connectivity index (χ1n) is 3.74. The summed E-state index contributed by atoms with van der Waals surface area (Å²) < 4.78 is 5.70. The standard InChI is InChI=1S/C10H9ClO.Cr/c1-12-8-2-3-9-4-6-10(11)7-5-9;/h2-7H,1H3;/b3-2+;. The third-order valence-corrected chi connectivity index (χ3v) is 2.21. The van der Waals surface area contributed by atoms with Gasteiger partial charge in [-0.15, -0.1) is 0 Å². The Morgan fingerprint density at radius 3 is 2.54 bits per heavy atom. The molecule has 0 saturated heterocycles. The fraction of sp³-hybridized carbons (Fsp3) is 0.100. The molecule has 68 valence electrons. The van der Waals surface area contributed by atoms with Gasteiger partial charge in [-0.05, 0) is 0 Å². The Kier molecular flexibility index (Phi) is 4.41. The molecule has 13 heavy (non-hydrogen) atoms. The third kappa shape index (κ3) is 3.89. The molecular formula is C10H9ClCrO. The number of methoxy groups -OCH3 is 1. The van der Waals surface area contributed by atoms with Gasteiger partial charge in [-0.2, -0.15) is 0 Å². The molecule has 1 aromatic carbocycles. The van der Waals surface area contributed by atoms with Crippen molar-refractivity contribution in [2.45, 2.75) is 0 Å². The van der Waals surface area contributed by atoms with Crippen LogP contribution in [0.2, 0.25) is 5.02 Å². The van der Waals surface area contributed by atoms with Gasteiger partial charge in [-0.25, -0.2) is 0 Å². The van der Waals surface area contributed by atoms with E-state index in [4.69, 9.17) is 16.3 Å². The van der Waals surface area contributed by atoms with Crippen LogP contribution in [0.25, 0.3) is 6.08 Å². The van der Waals surface area contributed by atoms with E-state index in [9.17, 15) is 0 Å². The molecule has 0 fully saturated rings. The molecule has 1 aromatic rings. The molecule has 0 spiro atoms. The first-order chi connectivity index (χ1) is 6.22. The minimum absolute atomic E-state index is 0.746. The first-order valence-corrected chi connectivity index (χ1v) is 4.75. The van der Waals surface area contributed by atoms with Crippen LogP contribution in [-0.4, -0.2) is 11.7 Å². The summed E-state index contributed by atoms with van der Waals surface area (Å²) in [5.41, 5.74) is 1.09. The Morgan fingerprint density at radius 1 is 1.38 bits per heavy atom. The van der Waals surface area contributed by atoms with Gasteiger partial charge in [0.2, 0.25) is 0 Å². The molecule has 0 radical (unpaired) electrons. The first kappa shape index (κ1) is 10.7. The third-order valence-electron chi connectivity index (χ3n) is 1.48. The van der Waals surface area contributed by atoms with Gasteiger partial charge in [0.15, 0.2) is 0 Å². The van der Waals surface area contributed by atoms with Gasteiger partial charge in [0.05, 0.1) is 0 Å². The Bertz CT molecular complexity index is 316. The predicted octanol–water partition coefficient (Wildman–Crippen LogP) is 2.68. The Balaban J connectivity index is 2.69. The second-order valence-corrected chi connectivity index (χ2v) is 3.47. The summed E-state index contributed by atoms with van der Waals surface area (Å²) in [6, 6.07) is 7.60. The molecule has 0 saturated carbocycles. The van der Waals surface area contributed by atoms with Gasteiger partial charge < -0.3 is 0 Å². The van der Waals surface area contributed by atoms with Gasteiger partial charge in [0.1, 0.15) is 0 Å². The molecule has 0 amide bonds. The average Bonchev–Trinajstić information content (AvgIpc) is 2.16. The second kappa shape index (κ2) is 5.37. The fourth-order valence-electron chi connectivity index (χ4n) is 0.806. The van der Waals surface area contributed by atoms with Crippen molar-refractivity contribution in [3.05, 3.63) is 40.9 Å². The molecule has 1 nitrogen and oxygen atoms in total. The van der Waals surface area contributed by atoms with Crippen LogP contribution in [0, 0.1) is 0 Å². The topological polar surface area (TPSA) is 9.23 Å². The zero-order chi connectivity index (χ0) is 9.68. The van der Waals surface area contributed by atoms with E-state index in [0.29, 0.717) is 0 Å². The van der Waals surface area contributed by atoms with E-state index < -0.39 is 0 Å². The van der Waals surface area contributed by atoms with E-state index >= 15 is 0 Å². The number of ether oxygens (including phenoxy) is 1. The van der Waals surface area contributed by atoms with Crippen molar-refractivity contribution >= 4 is 22.2 Å². The van der Waals surface area contributed by atoms with Gasteiger partial charge in [-0.3, -0.25) is 0 Å². The number of hydrogen-bond acceptors (Lipinski definition) is 1. The molecule has 0 aliphatic heterocycles. The Morgan fingerprint density at radius 2 is 2.00 bits per heavy atom. The number of rotatable bonds is 3. The van der Waals surface area contributed by atoms with Crippen molar-refractivity contribution in [2.75, 3.05) is 7.11 Å². The summed E-state index contributed by atoms with van der Waals surface area (Å²) in [4.78, 5) is 0. The van der Waals surface area contributed by atoms with E-state index in [1.54, 1.807) is 7.11 Å². The van der Waals surface area contributed by atoms with Crippen LogP contribution >= 0.6 is 11.6 Å². The van der Waals surface area contributed by atoms with Crippen molar-refractivity contribution in [1.29, 1.82) is 0 Å². The SMILES string of the molecule is CO[C](=[Cr])/C=C/c1ccc(Cl)cc1. The molecule has 0 unspecified atom stereocenters. The number of benzene rings is 1. The molecule has 1 rings (SSSR count). The molecule has 0 bridgehead atoms. The minimum atomic E-state index is 0.746. The van der Waals surface area contributed by atoms with Crippen LogP contribution in [0.1, 0.15) is 5.56 Å². The van der Waals surface area contributed by atoms with Crippen LogP contribution in [0.15, 0.2) is 30.3 Å². The van der Waals surface area contributed by atoms with Gasteiger partial charge in [0.25, 0.3) is 0 Å². The van der Waals surface area contributed by atoms with E-state index in [0.717, 1.165) is 15.2 Å². The maximum atomic E-state index is 5.74. The van der Waals surface area contributed by atoms with Gasteiger partial charge in [0, 0.05) is 0 Å². The number of halogens is 1. The zero-order valence-electron chi connectivity index (χ0n) is 7.16. The second-order valence-electron chi connectivity index (χ2n) is 2.41. The zero-order valence-corrected chi connectivity index (χ0v) is 9.19. The van der Waals surface area contributed by atoms with Crippen LogP contribution < -0.4 is 0 Å². The van der Waals surface area contributed by atoms with Crippen LogP contribution in [-0.2, 0) is 20.6 Å². The van der Waals surface area contributed by atoms with Crippen LogP contribution in [0.3, 0.4) is 0 Å². The fourth-order valence-corrected chi connectivity index (χ4v) is 1.04. The molecule has 3 heteroatoms. The van der Waals surface area contributed by atoms with Crippen molar-refractivity contribution in [2.24, 2.45) is 0 Å². The average molecular weight is 233 g/mol. The summed E-state index contributed by atoms with van der Waals surface area (Å²) in [5, 5.41) is 0.746. The molecule has 0 N–H and O–H groups in total. The molecule has 0 aliphatic rings. The normalized spacial score (nSPS) is 10.6. The number of hydrogen-bond donors (Lipinski definition) is 0. The van der Waals surface area contributed by atoms with E-state index in [1.807, 2.05) is 36.4 Å². The van der Waals surface area contributed by atoms with Crippen LogP contribution in [0.4, 0.5) is 0 Å². The van der Waals surface area contributed by atoms with Crippen molar-refractivity contribution in [3.63, 3.8) is 0 Å². The van der Waals surface area contributed by atoms with Crippen molar-refractivity contribution < 1.29 is 20.6 Å². The van der Waals surface area contributed by atoms with Crippen LogP contribution in [0.5, 0.6) is 0 Å². The van der Waals surface area contributed by atoms with Gasteiger partial charge in [-0.1, -0.05) is 0 Å². The van der Waals surface area contributed by atoms with E-state index in [-0.39, 0.29) is 0 Å². The summed E-state index contributed by atoms with van der Waals surface area (Å²) in [5.74, 6) is 0. The predicted molar refractivity (Wildman–Crippen MR) is 52.5 cm³/mol. The monoisotopic (exact) mass is 232 g/mol. The molecular weight excluding hydrogens is 224 g/mol. The molecule has 0 aromatic heterocycles. The van der Waals surface area contributed by atoms with Gasteiger partial charge >= 0.3 is 90.9 Å². The van der Waals surface area contributed by atoms with E-state index in [2.05, 4.69) is 15.9 Å². The van der Waals surface area contributed by atoms with E-state index in [1.165, 1.54) is 0 Å². The summed E-state index contributed by atoms with van der Waals surface area (Å²) in [7, 11) is 1.62.